The van der Waals surface area contributed by atoms with Crippen molar-refractivity contribution in [2.24, 2.45) is 0 Å². The predicted octanol–water partition coefficient (Wildman–Crippen LogP) is 18.2. The van der Waals surface area contributed by atoms with Gasteiger partial charge in [0, 0.05) is 61.4 Å². The van der Waals surface area contributed by atoms with E-state index in [1.54, 1.807) is 0 Å². The van der Waals surface area contributed by atoms with Crippen molar-refractivity contribution in [3.8, 4) is 39.1 Å². The predicted molar refractivity (Wildman–Crippen MR) is 336 cm³/mol. The van der Waals surface area contributed by atoms with Gasteiger partial charge in [0.2, 0.25) is 0 Å². The summed E-state index contributed by atoms with van der Waals surface area (Å²) < 4.78 is 2.67. The molecule has 3 aliphatic carbocycles. The summed E-state index contributed by atoms with van der Waals surface area (Å²) in [6.07, 6.45) is 3.26. The normalized spacial score (nSPS) is 15.9. The van der Waals surface area contributed by atoms with Crippen molar-refractivity contribution < 1.29 is 0 Å². The lowest BCUT2D eigenvalue weighted by Crippen LogP contribution is -2.38. The molecular weight excluding hydrogens is 942 g/mol. The Bertz CT molecular complexity index is 4100. The first kappa shape index (κ1) is 48.8. The second-order valence-electron chi connectivity index (χ2n) is 27.3. The van der Waals surface area contributed by atoms with Crippen LogP contribution in [0.25, 0.3) is 60.9 Å². The van der Waals surface area contributed by atoms with E-state index in [-0.39, 0.29) is 27.1 Å². The molecule has 3 nitrogen and oxygen atoms in total. The van der Waals surface area contributed by atoms with Gasteiger partial charge in [-0.1, -0.05) is 180 Å². The molecule has 0 bridgehead atoms. The van der Waals surface area contributed by atoms with Gasteiger partial charge in [-0.25, -0.2) is 0 Å². The first-order valence-electron chi connectivity index (χ1n) is 28.7. The molecule has 4 heteroatoms. The molecule has 0 amide bonds. The van der Waals surface area contributed by atoms with Gasteiger partial charge >= 0.3 is 0 Å². The zero-order valence-corrected chi connectivity index (χ0v) is 47.9. The quantitative estimate of drug-likeness (QED) is 0.168. The van der Waals surface area contributed by atoms with E-state index in [0.717, 1.165) is 42.1 Å². The first-order valence-corrected chi connectivity index (χ1v) is 28.7. The van der Waals surface area contributed by atoms with E-state index in [0.29, 0.717) is 0 Å². The second kappa shape index (κ2) is 16.7. The van der Waals surface area contributed by atoms with Gasteiger partial charge in [0.1, 0.15) is 0 Å². The number of rotatable bonds is 6. The summed E-state index contributed by atoms with van der Waals surface area (Å²) >= 11 is 0. The van der Waals surface area contributed by atoms with Gasteiger partial charge in [0.15, 0.2) is 7.28 Å². The molecule has 10 aromatic rings. The van der Waals surface area contributed by atoms with Crippen molar-refractivity contribution in [3.63, 3.8) is 0 Å². The molecule has 386 valence electrons. The van der Waals surface area contributed by atoms with Gasteiger partial charge in [-0.15, -0.1) is 0 Å². The summed E-state index contributed by atoms with van der Waals surface area (Å²) in [6, 6.07) is 65.4. The SMILES string of the molecule is CC(C)(C)c1ccc(Nc2cc3c(cc2-c2c4c(c5c6cc(C(C)(C)C)ccc6n6c5c2Bc2ccc(N(c5ccccc5)c5ccccc5)cc2-6)-c2ccccc2C4)-c2cc4c(cc2C3(C)C)C(C)(C)CCC4(C)C)cc1. The maximum atomic E-state index is 4.18. The molecule has 4 aliphatic rings. The van der Waals surface area contributed by atoms with E-state index in [1.165, 1.54) is 129 Å². The fraction of sp³-hybridized carbons (Fsp3) is 0.270. The average Bonchev–Trinajstić information content (AvgIpc) is 3.04. The fourth-order valence-electron chi connectivity index (χ4n) is 14.4. The number of fused-ring (bicyclic) bond motifs is 13. The van der Waals surface area contributed by atoms with Gasteiger partial charge in [-0.3, -0.25) is 0 Å². The van der Waals surface area contributed by atoms with Crippen molar-refractivity contribution in [2.45, 2.75) is 129 Å². The Morgan fingerprint density at radius 2 is 1.12 bits per heavy atom. The fourth-order valence-corrected chi connectivity index (χ4v) is 14.4. The monoisotopic (exact) mass is 1010 g/mol. The molecule has 9 aromatic carbocycles. The molecule has 14 rings (SSSR count). The lowest BCUT2D eigenvalue weighted by atomic mass is 9.58. The van der Waals surface area contributed by atoms with Crippen molar-refractivity contribution in [1.82, 2.24) is 4.57 Å². The molecule has 1 aliphatic heterocycles. The van der Waals surface area contributed by atoms with Gasteiger partial charge in [0.05, 0.1) is 5.52 Å². The molecule has 0 saturated carbocycles. The maximum Gasteiger partial charge on any atom is 0.198 e. The van der Waals surface area contributed by atoms with Crippen LogP contribution in [0.15, 0.2) is 170 Å². The van der Waals surface area contributed by atoms with Gasteiger partial charge < -0.3 is 14.8 Å². The molecule has 1 aromatic heterocycles. The highest BCUT2D eigenvalue weighted by Crippen LogP contribution is 2.58. The number of benzene rings is 9. The van der Waals surface area contributed by atoms with Crippen LogP contribution in [-0.2, 0) is 33.5 Å². The zero-order chi connectivity index (χ0) is 54.0. The largest absolute Gasteiger partial charge is 0.355 e. The van der Waals surface area contributed by atoms with Crippen LogP contribution < -0.4 is 21.1 Å². The highest BCUT2D eigenvalue weighted by molar-refractivity contribution is 6.74. The number of hydrogen-bond acceptors (Lipinski definition) is 2. The lowest BCUT2D eigenvalue weighted by molar-refractivity contribution is 0.331. The highest BCUT2D eigenvalue weighted by atomic mass is 15.1. The molecule has 0 atom stereocenters. The maximum absolute atomic E-state index is 4.18. The van der Waals surface area contributed by atoms with Crippen LogP contribution >= 0.6 is 0 Å². The minimum atomic E-state index is -0.208. The average molecular weight is 1010 g/mol. The molecule has 0 radical (unpaired) electrons. The van der Waals surface area contributed by atoms with Crippen molar-refractivity contribution in [3.05, 3.63) is 214 Å². The topological polar surface area (TPSA) is 20.2 Å². The van der Waals surface area contributed by atoms with E-state index in [2.05, 4.69) is 268 Å². The number of hydrogen-bond donors (Lipinski definition) is 1. The third kappa shape index (κ3) is 7.31. The molecule has 0 fully saturated rings. The Labute approximate surface area is 463 Å². The summed E-state index contributed by atoms with van der Waals surface area (Å²) in [5.74, 6) is 0. The number of nitrogens with one attached hydrogen (secondary N) is 1. The van der Waals surface area contributed by atoms with Crippen molar-refractivity contribution in [2.75, 3.05) is 10.2 Å². The number of nitrogens with zero attached hydrogens (tertiary/aromatic N) is 2. The van der Waals surface area contributed by atoms with Crippen LogP contribution in [0.2, 0.25) is 0 Å². The van der Waals surface area contributed by atoms with Crippen molar-refractivity contribution >= 4 is 68.4 Å². The standard InChI is InChI=1S/C74H72BN3/c1-70(2,3)45-27-30-47(31-28-45)76-62-43-58-52(53-41-59-60(42-57(53)74(58,11)12)73(9,10)36-35-72(59,7)8)40-54(62)66-56-37-44-21-19-20-26-51(44)65(56)67-55-38-46(71(4,5)6)29-34-63(55)78-64-39-50(32-33-61(64)75-68(66)69(67)78)77(48-22-15-13-16-23-48)49-24-17-14-18-25-49/h13-34,38-43,75-76H,35-37H2,1-12H3. The third-order valence-electron chi connectivity index (χ3n) is 19.0. The van der Waals surface area contributed by atoms with Gasteiger partial charge in [-0.05, 0) is 198 Å². The molecular formula is C74H72BN3. The smallest absolute Gasteiger partial charge is 0.198 e. The molecule has 0 unspecified atom stereocenters. The van der Waals surface area contributed by atoms with Crippen LogP contribution in [0.1, 0.15) is 140 Å². The van der Waals surface area contributed by atoms with Crippen LogP contribution in [-0.4, -0.2) is 11.8 Å². The zero-order valence-electron chi connectivity index (χ0n) is 47.9. The Morgan fingerprint density at radius 1 is 0.513 bits per heavy atom. The van der Waals surface area contributed by atoms with E-state index in [4.69, 9.17) is 0 Å². The Morgan fingerprint density at radius 3 is 1.78 bits per heavy atom. The van der Waals surface area contributed by atoms with E-state index < -0.39 is 0 Å². The molecule has 1 N–H and O–H groups in total. The molecule has 0 spiro atoms. The molecule has 0 saturated heterocycles. The number of anilines is 5. The van der Waals surface area contributed by atoms with E-state index in [9.17, 15) is 0 Å². The van der Waals surface area contributed by atoms with Crippen LogP contribution in [0, 0.1) is 0 Å². The second-order valence-corrected chi connectivity index (χ2v) is 27.3. The summed E-state index contributed by atoms with van der Waals surface area (Å²) in [6.45, 7) is 28.8. The van der Waals surface area contributed by atoms with Crippen molar-refractivity contribution in [1.29, 1.82) is 0 Å². The Kier molecular flexibility index (Phi) is 10.5. The summed E-state index contributed by atoms with van der Waals surface area (Å²) in [5, 5.41) is 6.89. The minimum Gasteiger partial charge on any atom is -0.355 e. The number of para-hydroxylation sites is 2. The van der Waals surface area contributed by atoms with Crippen LogP contribution in [0.3, 0.4) is 0 Å². The van der Waals surface area contributed by atoms with Gasteiger partial charge in [-0.2, -0.15) is 0 Å². The highest BCUT2D eigenvalue weighted by Gasteiger charge is 2.44. The summed E-state index contributed by atoms with van der Waals surface area (Å²) in [7, 11) is 0.805. The lowest BCUT2D eigenvalue weighted by Gasteiger charge is -2.42. The van der Waals surface area contributed by atoms with Crippen LogP contribution in [0.4, 0.5) is 28.4 Å². The Balaban J connectivity index is 1.10. The summed E-state index contributed by atoms with van der Waals surface area (Å²) in [5.41, 5.74) is 31.9. The van der Waals surface area contributed by atoms with Gasteiger partial charge in [0.25, 0.3) is 0 Å². The summed E-state index contributed by atoms with van der Waals surface area (Å²) in [4.78, 5) is 2.41. The minimum absolute atomic E-state index is 0.0338. The molecule has 78 heavy (non-hydrogen) atoms. The molecule has 2 heterocycles. The van der Waals surface area contributed by atoms with Crippen LogP contribution in [0.5, 0.6) is 0 Å². The first-order chi connectivity index (χ1) is 37.2. The van der Waals surface area contributed by atoms with E-state index >= 15 is 0 Å². The third-order valence-corrected chi connectivity index (χ3v) is 19.0. The Hall–Kier alpha value is -7.56. The van der Waals surface area contributed by atoms with E-state index in [1.807, 2.05) is 0 Å². The number of aromatic nitrogens is 1.